The van der Waals surface area contributed by atoms with Crippen LogP contribution in [0.3, 0.4) is 0 Å². The van der Waals surface area contributed by atoms with E-state index in [1.807, 2.05) is 24.3 Å². The Labute approximate surface area is 187 Å². The van der Waals surface area contributed by atoms with E-state index in [4.69, 9.17) is 21.3 Å². The Balaban J connectivity index is 1.43. The number of Topliss-reactive ketones (excluding diaryl/α,β-unsaturated/α-hetero) is 1. The molecular formula is C23H28ClFN4O2. The molecule has 0 saturated carbocycles. The minimum atomic E-state index is -0.447. The molecule has 0 aromatic carbocycles. The number of aromatic nitrogens is 2. The van der Waals surface area contributed by atoms with Crippen molar-refractivity contribution >= 4 is 23.2 Å². The van der Waals surface area contributed by atoms with Gasteiger partial charge in [0.2, 0.25) is 0 Å². The van der Waals surface area contributed by atoms with Crippen molar-refractivity contribution < 1.29 is 13.9 Å². The number of carbonyl (C=O) groups is 1. The summed E-state index contributed by atoms with van der Waals surface area (Å²) >= 11 is 6.41. The maximum absolute atomic E-state index is 12.8. The molecule has 6 nitrogen and oxygen atoms in total. The van der Waals surface area contributed by atoms with Gasteiger partial charge in [-0.1, -0.05) is 17.7 Å². The number of nitrogens with zero attached hydrogens (tertiary/aromatic N) is 2. The third-order valence-electron chi connectivity index (χ3n) is 6.07. The van der Waals surface area contributed by atoms with Crippen molar-refractivity contribution in [1.82, 2.24) is 15.3 Å². The van der Waals surface area contributed by atoms with E-state index in [-0.39, 0.29) is 24.2 Å². The first kappa shape index (κ1) is 22.1. The van der Waals surface area contributed by atoms with Gasteiger partial charge in [0, 0.05) is 62.1 Å². The van der Waals surface area contributed by atoms with Crippen LogP contribution in [-0.2, 0) is 16.0 Å². The van der Waals surface area contributed by atoms with Crippen molar-refractivity contribution in [3.8, 4) is 11.3 Å². The average Bonchev–Trinajstić information content (AvgIpc) is 3.29. The Morgan fingerprint density at radius 3 is 2.94 bits per heavy atom. The minimum Gasteiger partial charge on any atom is -0.381 e. The van der Waals surface area contributed by atoms with Crippen LogP contribution in [0.4, 0.5) is 10.2 Å². The number of anilines is 1. The minimum absolute atomic E-state index is 0.0732. The molecule has 2 aromatic rings. The van der Waals surface area contributed by atoms with E-state index in [2.05, 4.69) is 15.6 Å². The van der Waals surface area contributed by atoms with Gasteiger partial charge in [-0.05, 0) is 43.4 Å². The van der Waals surface area contributed by atoms with Crippen LogP contribution < -0.4 is 10.6 Å². The van der Waals surface area contributed by atoms with Crippen molar-refractivity contribution in [2.45, 2.75) is 31.7 Å². The van der Waals surface area contributed by atoms with Gasteiger partial charge in [-0.25, -0.2) is 9.37 Å². The summed E-state index contributed by atoms with van der Waals surface area (Å²) < 4.78 is 18.2. The van der Waals surface area contributed by atoms with Gasteiger partial charge in [0.1, 0.15) is 18.3 Å². The Kier molecular flexibility index (Phi) is 7.48. The molecule has 2 aliphatic rings. The second-order valence-electron chi connectivity index (χ2n) is 8.34. The highest BCUT2D eigenvalue weighted by Crippen LogP contribution is 2.28. The fourth-order valence-electron chi connectivity index (χ4n) is 4.16. The maximum atomic E-state index is 12.8. The van der Waals surface area contributed by atoms with Crippen LogP contribution in [0.2, 0.25) is 5.02 Å². The Hall–Kier alpha value is -2.09. The summed E-state index contributed by atoms with van der Waals surface area (Å²) in [4.78, 5) is 21.7. The maximum Gasteiger partial charge on any atom is 0.143 e. The molecule has 2 N–H and O–H groups in total. The highest BCUT2D eigenvalue weighted by Gasteiger charge is 2.29. The molecule has 8 heteroatoms. The predicted octanol–water partition coefficient (Wildman–Crippen LogP) is 3.69. The lowest BCUT2D eigenvalue weighted by Crippen LogP contribution is -2.23. The van der Waals surface area contributed by atoms with Crippen molar-refractivity contribution in [2.75, 3.05) is 38.3 Å². The second-order valence-corrected chi connectivity index (χ2v) is 8.74. The van der Waals surface area contributed by atoms with Gasteiger partial charge in [0.15, 0.2) is 0 Å². The number of hydrogen-bond acceptors (Lipinski definition) is 6. The SMILES string of the molecule is O=C(Cc1cc(-c2cccc(NCC3CCOCC3)n2)c(Cl)cn1)[C@H]1CN[C@@H](CF)C1. The molecule has 2 fully saturated rings. The lowest BCUT2D eigenvalue weighted by molar-refractivity contribution is -0.121. The largest absolute Gasteiger partial charge is 0.381 e. The van der Waals surface area contributed by atoms with Crippen LogP contribution in [0.15, 0.2) is 30.5 Å². The molecular weight excluding hydrogens is 419 g/mol. The molecule has 4 rings (SSSR count). The molecule has 2 atom stereocenters. The summed E-state index contributed by atoms with van der Waals surface area (Å²) in [6.45, 7) is 2.57. The molecule has 2 saturated heterocycles. The molecule has 0 unspecified atom stereocenters. The summed E-state index contributed by atoms with van der Waals surface area (Å²) in [7, 11) is 0. The standard InChI is InChI=1S/C23H28ClFN4O2/c24-20-14-27-17(10-22(30)16-8-18(11-25)26-13-16)9-19(20)21-2-1-3-23(29-21)28-12-15-4-6-31-7-5-15/h1-3,9,14-16,18,26H,4-8,10-13H2,(H,28,29)/t16-,18-/m1/s1. The molecule has 0 aliphatic carbocycles. The highest BCUT2D eigenvalue weighted by molar-refractivity contribution is 6.33. The molecule has 2 aliphatic heterocycles. The van der Waals surface area contributed by atoms with Gasteiger partial charge in [-0.15, -0.1) is 0 Å². The summed E-state index contributed by atoms with van der Waals surface area (Å²) in [5, 5.41) is 6.96. The van der Waals surface area contributed by atoms with Gasteiger partial charge < -0.3 is 15.4 Å². The van der Waals surface area contributed by atoms with E-state index in [9.17, 15) is 9.18 Å². The fourth-order valence-corrected chi connectivity index (χ4v) is 4.36. The van der Waals surface area contributed by atoms with Crippen molar-refractivity contribution in [1.29, 1.82) is 0 Å². The lowest BCUT2D eigenvalue weighted by Gasteiger charge is -2.22. The number of ether oxygens (including phenoxy) is 1. The Morgan fingerprint density at radius 1 is 1.32 bits per heavy atom. The summed E-state index contributed by atoms with van der Waals surface area (Å²) in [6.07, 6.45) is 4.43. The third kappa shape index (κ3) is 5.79. The van der Waals surface area contributed by atoms with Crippen LogP contribution >= 0.6 is 11.6 Å². The van der Waals surface area contributed by atoms with Gasteiger partial charge in [0.05, 0.1) is 10.7 Å². The number of alkyl halides is 1. The van der Waals surface area contributed by atoms with E-state index in [0.717, 1.165) is 49.7 Å². The van der Waals surface area contributed by atoms with E-state index in [1.54, 1.807) is 6.20 Å². The van der Waals surface area contributed by atoms with E-state index < -0.39 is 6.67 Å². The highest BCUT2D eigenvalue weighted by atomic mass is 35.5. The molecule has 0 spiro atoms. The van der Waals surface area contributed by atoms with Gasteiger partial charge in [-0.2, -0.15) is 0 Å². The molecule has 166 valence electrons. The molecule has 2 aromatic heterocycles. The van der Waals surface area contributed by atoms with Crippen LogP contribution in [0, 0.1) is 11.8 Å². The Morgan fingerprint density at radius 2 is 2.16 bits per heavy atom. The van der Waals surface area contributed by atoms with Crippen molar-refractivity contribution in [3.05, 3.63) is 41.2 Å². The number of rotatable bonds is 8. The summed E-state index contributed by atoms with van der Waals surface area (Å²) in [5.74, 6) is 1.29. The quantitative estimate of drug-likeness (QED) is 0.644. The first-order valence-corrected chi connectivity index (χ1v) is 11.3. The van der Waals surface area contributed by atoms with Crippen LogP contribution in [-0.4, -0.2) is 54.8 Å². The first-order valence-electron chi connectivity index (χ1n) is 10.9. The number of ketones is 1. The predicted molar refractivity (Wildman–Crippen MR) is 119 cm³/mol. The lowest BCUT2D eigenvalue weighted by atomic mass is 9.97. The van der Waals surface area contributed by atoms with Crippen molar-refractivity contribution in [2.24, 2.45) is 11.8 Å². The number of carbonyl (C=O) groups excluding carboxylic acids is 1. The molecule has 0 bridgehead atoms. The summed E-state index contributed by atoms with van der Waals surface area (Å²) in [5.41, 5.74) is 2.13. The average molecular weight is 447 g/mol. The van der Waals surface area contributed by atoms with Gasteiger partial charge in [-0.3, -0.25) is 9.78 Å². The van der Waals surface area contributed by atoms with E-state index in [0.29, 0.717) is 29.6 Å². The monoisotopic (exact) mass is 446 g/mol. The zero-order valence-electron chi connectivity index (χ0n) is 17.4. The first-order chi connectivity index (χ1) is 15.1. The molecule has 0 amide bonds. The van der Waals surface area contributed by atoms with E-state index >= 15 is 0 Å². The molecule has 4 heterocycles. The smallest absolute Gasteiger partial charge is 0.143 e. The molecule has 31 heavy (non-hydrogen) atoms. The van der Waals surface area contributed by atoms with Crippen molar-refractivity contribution in [3.63, 3.8) is 0 Å². The van der Waals surface area contributed by atoms with Crippen LogP contribution in [0.5, 0.6) is 0 Å². The zero-order valence-corrected chi connectivity index (χ0v) is 18.2. The van der Waals surface area contributed by atoms with Gasteiger partial charge in [0.25, 0.3) is 0 Å². The number of nitrogens with one attached hydrogen (secondary N) is 2. The number of halogens is 2. The normalized spacial score (nSPS) is 21.9. The number of pyridine rings is 2. The van der Waals surface area contributed by atoms with Crippen LogP contribution in [0.1, 0.15) is 25.0 Å². The number of hydrogen-bond donors (Lipinski definition) is 2. The topological polar surface area (TPSA) is 76.1 Å². The van der Waals surface area contributed by atoms with E-state index in [1.165, 1.54) is 0 Å². The zero-order chi connectivity index (χ0) is 21.6. The Bertz CT molecular complexity index is 907. The second kappa shape index (κ2) is 10.5. The summed E-state index contributed by atoms with van der Waals surface area (Å²) in [6, 6.07) is 7.40. The van der Waals surface area contributed by atoms with Crippen LogP contribution in [0.25, 0.3) is 11.3 Å². The molecule has 0 radical (unpaired) electrons. The van der Waals surface area contributed by atoms with Gasteiger partial charge >= 0.3 is 0 Å². The third-order valence-corrected chi connectivity index (χ3v) is 6.37. The fraction of sp³-hybridized carbons (Fsp3) is 0.522.